The first-order valence-electron chi connectivity index (χ1n) is 3.54. The average Bonchev–Trinajstić information content (AvgIpc) is 2.35. The number of nitrogens with zero attached hydrogens (tertiary/aromatic N) is 3. The van der Waals surface area contributed by atoms with Gasteiger partial charge in [-0.2, -0.15) is 17.7 Å². The van der Waals surface area contributed by atoms with Crippen LogP contribution in [0.3, 0.4) is 0 Å². The summed E-state index contributed by atoms with van der Waals surface area (Å²) in [5.74, 6) is 0.844. The normalized spacial score (nSPS) is 13.4. The van der Waals surface area contributed by atoms with Crippen LogP contribution in [0.15, 0.2) is 6.33 Å². The summed E-state index contributed by atoms with van der Waals surface area (Å²) in [7, 11) is 1.86. The summed E-state index contributed by atoms with van der Waals surface area (Å²) in [6.07, 6.45) is 3.30. The molecule has 0 spiro atoms. The van der Waals surface area contributed by atoms with Crippen molar-refractivity contribution < 1.29 is 0 Å². The zero-order valence-electron chi connectivity index (χ0n) is 6.56. The summed E-state index contributed by atoms with van der Waals surface area (Å²) in [5.41, 5.74) is 0. The van der Waals surface area contributed by atoms with Gasteiger partial charge in [0.15, 0.2) is 5.82 Å². The fraction of sp³-hybridized carbons (Fsp3) is 0.571. The highest BCUT2D eigenvalue weighted by Gasteiger charge is 2.04. The number of aryl methyl sites for hydroxylation is 1. The molecule has 0 amide bonds. The molecule has 0 aliphatic rings. The third kappa shape index (κ3) is 2.54. The van der Waals surface area contributed by atoms with E-state index in [0.717, 1.165) is 18.7 Å². The van der Waals surface area contributed by atoms with Crippen molar-refractivity contribution in [2.45, 2.75) is 18.1 Å². The van der Waals surface area contributed by atoms with Crippen molar-refractivity contribution in [1.29, 1.82) is 0 Å². The summed E-state index contributed by atoms with van der Waals surface area (Å²) >= 11 is 4.30. The van der Waals surface area contributed by atoms with E-state index in [0.29, 0.717) is 0 Å². The molecule has 1 aromatic heterocycles. The molecule has 1 unspecified atom stereocenters. The van der Waals surface area contributed by atoms with E-state index in [2.05, 4.69) is 29.6 Å². The van der Waals surface area contributed by atoms with Crippen LogP contribution >= 0.6 is 12.6 Å². The van der Waals surface area contributed by atoms with E-state index in [-0.39, 0.29) is 5.25 Å². The van der Waals surface area contributed by atoms with Gasteiger partial charge in [0.1, 0.15) is 6.33 Å². The molecule has 0 aromatic carbocycles. The Bertz CT molecular complexity index is 221. The highest BCUT2D eigenvalue weighted by Crippen LogP contribution is 2.05. The average molecular weight is 170 g/mol. The standard InChI is InChI=1S/C7H12N3S/c1-3-6(11)4-7-8-5-10(2)9-7/h5-6,11H,1,3-4H2,2H3. The third-order valence-electron chi connectivity index (χ3n) is 1.40. The minimum Gasteiger partial charge on any atom is -0.256 e. The molecule has 61 valence electrons. The van der Waals surface area contributed by atoms with Crippen LogP contribution in [-0.4, -0.2) is 20.0 Å². The molecule has 1 heterocycles. The maximum atomic E-state index is 4.30. The minimum atomic E-state index is 0.275. The van der Waals surface area contributed by atoms with Gasteiger partial charge >= 0.3 is 0 Å². The van der Waals surface area contributed by atoms with E-state index in [1.807, 2.05) is 7.05 Å². The molecule has 1 rings (SSSR count). The third-order valence-corrected chi connectivity index (χ3v) is 1.84. The van der Waals surface area contributed by atoms with Gasteiger partial charge < -0.3 is 0 Å². The first-order chi connectivity index (χ1) is 5.22. The summed E-state index contributed by atoms with van der Waals surface area (Å²) in [6, 6.07) is 0. The van der Waals surface area contributed by atoms with Crippen molar-refractivity contribution in [2.24, 2.45) is 7.05 Å². The van der Waals surface area contributed by atoms with Crippen molar-refractivity contribution >= 4 is 12.6 Å². The monoisotopic (exact) mass is 170 g/mol. The predicted molar refractivity (Wildman–Crippen MR) is 47.5 cm³/mol. The van der Waals surface area contributed by atoms with Crippen LogP contribution in [0.5, 0.6) is 0 Å². The zero-order chi connectivity index (χ0) is 8.27. The Morgan fingerprint density at radius 2 is 2.55 bits per heavy atom. The van der Waals surface area contributed by atoms with Crippen LogP contribution in [0, 0.1) is 6.92 Å². The second kappa shape index (κ2) is 3.76. The Morgan fingerprint density at radius 1 is 1.82 bits per heavy atom. The molecule has 0 aliphatic heterocycles. The van der Waals surface area contributed by atoms with Crippen molar-refractivity contribution in [2.75, 3.05) is 0 Å². The van der Waals surface area contributed by atoms with Crippen molar-refractivity contribution in [3.63, 3.8) is 0 Å². The first kappa shape index (κ1) is 8.59. The zero-order valence-corrected chi connectivity index (χ0v) is 7.46. The lowest BCUT2D eigenvalue weighted by Gasteiger charge is -2.01. The first-order valence-corrected chi connectivity index (χ1v) is 4.06. The van der Waals surface area contributed by atoms with Crippen LogP contribution in [0.2, 0.25) is 0 Å². The smallest absolute Gasteiger partial charge is 0.151 e. The van der Waals surface area contributed by atoms with Gasteiger partial charge in [0.2, 0.25) is 0 Å². The molecule has 0 bridgehead atoms. The Balaban J connectivity index is 2.50. The van der Waals surface area contributed by atoms with E-state index < -0.39 is 0 Å². The maximum Gasteiger partial charge on any atom is 0.151 e. The van der Waals surface area contributed by atoms with Crippen molar-refractivity contribution in [3.05, 3.63) is 19.1 Å². The topological polar surface area (TPSA) is 30.7 Å². The molecule has 1 radical (unpaired) electrons. The molecule has 4 heteroatoms. The van der Waals surface area contributed by atoms with Gasteiger partial charge in [-0.05, 0) is 6.42 Å². The van der Waals surface area contributed by atoms with Crippen LogP contribution in [-0.2, 0) is 13.5 Å². The highest BCUT2D eigenvalue weighted by molar-refractivity contribution is 7.80. The van der Waals surface area contributed by atoms with Gasteiger partial charge in [0.05, 0.1) is 0 Å². The summed E-state index contributed by atoms with van der Waals surface area (Å²) in [5, 5.41) is 4.40. The quantitative estimate of drug-likeness (QED) is 0.683. The number of hydrogen-bond acceptors (Lipinski definition) is 3. The fourth-order valence-corrected chi connectivity index (χ4v) is 0.954. The Hall–Kier alpha value is -0.510. The molecule has 0 aliphatic carbocycles. The molecule has 0 N–H and O–H groups in total. The van der Waals surface area contributed by atoms with Crippen LogP contribution < -0.4 is 0 Å². The fourth-order valence-electron chi connectivity index (χ4n) is 0.790. The lowest BCUT2D eigenvalue weighted by molar-refractivity contribution is 0.728. The van der Waals surface area contributed by atoms with E-state index in [1.54, 1.807) is 11.0 Å². The molecule has 1 atom stereocenters. The molecular weight excluding hydrogens is 158 g/mol. The van der Waals surface area contributed by atoms with E-state index in [9.17, 15) is 0 Å². The molecule has 0 saturated carbocycles. The summed E-state index contributed by atoms with van der Waals surface area (Å²) < 4.78 is 1.69. The van der Waals surface area contributed by atoms with Crippen LogP contribution in [0.25, 0.3) is 0 Å². The van der Waals surface area contributed by atoms with Crippen LogP contribution in [0.1, 0.15) is 12.2 Å². The Labute approximate surface area is 72.2 Å². The van der Waals surface area contributed by atoms with Gasteiger partial charge in [0.25, 0.3) is 0 Å². The second-order valence-corrected chi connectivity index (χ2v) is 3.21. The molecule has 0 fully saturated rings. The largest absolute Gasteiger partial charge is 0.256 e. The predicted octanol–water partition coefficient (Wildman–Crippen LogP) is 0.880. The molecule has 11 heavy (non-hydrogen) atoms. The van der Waals surface area contributed by atoms with E-state index in [1.165, 1.54) is 0 Å². The maximum absolute atomic E-state index is 4.30. The van der Waals surface area contributed by atoms with Gasteiger partial charge in [0, 0.05) is 18.7 Å². The molecule has 1 aromatic rings. The number of aromatic nitrogens is 3. The highest BCUT2D eigenvalue weighted by atomic mass is 32.1. The number of hydrogen-bond donors (Lipinski definition) is 1. The van der Waals surface area contributed by atoms with Crippen molar-refractivity contribution in [3.8, 4) is 0 Å². The summed E-state index contributed by atoms with van der Waals surface area (Å²) in [4.78, 5) is 4.08. The SMILES string of the molecule is [CH2]CC(S)Cc1ncn(C)n1. The molecular formula is C7H12N3S. The Morgan fingerprint density at radius 3 is 3.00 bits per heavy atom. The number of rotatable bonds is 3. The lowest BCUT2D eigenvalue weighted by Crippen LogP contribution is -2.03. The van der Waals surface area contributed by atoms with Gasteiger partial charge in [-0.1, -0.05) is 6.92 Å². The van der Waals surface area contributed by atoms with Crippen LogP contribution in [0.4, 0.5) is 0 Å². The molecule has 3 nitrogen and oxygen atoms in total. The van der Waals surface area contributed by atoms with E-state index >= 15 is 0 Å². The molecule has 0 saturated heterocycles. The van der Waals surface area contributed by atoms with Gasteiger partial charge in [-0.15, -0.1) is 0 Å². The Kier molecular flexibility index (Phi) is 2.93. The summed E-state index contributed by atoms with van der Waals surface area (Å²) in [6.45, 7) is 3.75. The minimum absolute atomic E-state index is 0.275. The van der Waals surface area contributed by atoms with E-state index in [4.69, 9.17) is 0 Å². The lowest BCUT2D eigenvalue weighted by atomic mass is 10.2. The number of thiol groups is 1. The second-order valence-electron chi connectivity index (χ2n) is 2.48. The van der Waals surface area contributed by atoms with Crippen molar-refractivity contribution in [1.82, 2.24) is 14.8 Å². The van der Waals surface area contributed by atoms with Gasteiger partial charge in [-0.25, -0.2) is 4.98 Å². The van der Waals surface area contributed by atoms with Gasteiger partial charge in [-0.3, -0.25) is 4.68 Å².